The van der Waals surface area contributed by atoms with Gasteiger partial charge in [0, 0.05) is 15.8 Å². The number of aromatic nitrogens is 1. The van der Waals surface area contributed by atoms with E-state index >= 15 is 0 Å². The molecule has 0 radical (unpaired) electrons. The van der Waals surface area contributed by atoms with Crippen LogP contribution in [0.5, 0.6) is 0 Å². The zero-order chi connectivity index (χ0) is 21.4. The summed E-state index contributed by atoms with van der Waals surface area (Å²) in [6.45, 7) is 3.08. The Bertz CT molecular complexity index is 1350. The van der Waals surface area contributed by atoms with Crippen LogP contribution in [0.2, 0.25) is 0 Å². The molecule has 0 atom stereocenters. The van der Waals surface area contributed by atoms with Crippen LogP contribution >= 0.6 is 11.3 Å². The van der Waals surface area contributed by atoms with Crippen LogP contribution in [0.3, 0.4) is 0 Å². The van der Waals surface area contributed by atoms with Gasteiger partial charge in [0.1, 0.15) is 11.1 Å². The lowest BCUT2D eigenvalue weighted by Gasteiger charge is -2.11. The minimum absolute atomic E-state index is 0.244. The fourth-order valence-electron chi connectivity index (χ4n) is 3.89. The van der Waals surface area contributed by atoms with Gasteiger partial charge in [0.25, 0.3) is 5.91 Å². The fourth-order valence-corrected chi connectivity index (χ4v) is 5.02. The number of hydrogen-bond donors (Lipinski definition) is 1. The lowest BCUT2D eigenvalue weighted by molar-refractivity contribution is 0.102. The molecule has 0 aliphatic carbocycles. The van der Waals surface area contributed by atoms with Crippen molar-refractivity contribution in [1.82, 2.24) is 4.98 Å². The predicted molar refractivity (Wildman–Crippen MR) is 122 cm³/mol. The molecule has 0 unspecified atom stereocenters. The summed E-state index contributed by atoms with van der Waals surface area (Å²) in [7, 11) is 0. The number of thiophene rings is 1. The molecule has 0 bridgehead atoms. The standard InChI is InChI=1S/C25H19N3O2S/c1-15-7-8-21-18(11-15)19(12-22(27-21)16-5-3-2-4-6-16)24(29)28-25-20(13-26)17-9-10-30-14-23(17)31-25/h2-8,11-12H,9-10,14H2,1H3,(H,28,29). The highest BCUT2D eigenvalue weighted by Crippen LogP contribution is 2.36. The van der Waals surface area contributed by atoms with E-state index < -0.39 is 0 Å². The summed E-state index contributed by atoms with van der Waals surface area (Å²) in [6, 6.07) is 19.8. The third-order valence-electron chi connectivity index (χ3n) is 5.44. The van der Waals surface area contributed by atoms with Gasteiger partial charge in [0.2, 0.25) is 0 Å². The number of anilines is 1. The number of nitrogens with one attached hydrogen (secondary N) is 1. The molecule has 6 heteroatoms. The molecule has 5 nitrogen and oxygen atoms in total. The number of carbonyl (C=O) groups excluding carboxylic acids is 1. The van der Waals surface area contributed by atoms with E-state index in [4.69, 9.17) is 9.72 Å². The van der Waals surface area contributed by atoms with Crippen LogP contribution in [0.1, 0.15) is 31.9 Å². The molecule has 2 aromatic heterocycles. The highest BCUT2D eigenvalue weighted by molar-refractivity contribution is 7.16. The average molecular weight is 426 g/mol. The Hall–Kier alpha value is -3.53. The van der Waals surface area contributed by atoms with E-state index in [1.165, 1.54) is 11.3 Å². The Labute approximate surface area is 183 Å². The quantitative estimate of drug-likeness (QED) is 0.472. The van der Waals surface area contributed by atoms with Crippen LogP contribution in [0.15, 0.2) is 54.6 Å². The molecule has 4 aromatic rings. The van der Waals surface area contributed by atoms with Gasteiger partial charge in [-0.05, 0) is 37.1 Å². The number of fused-ring (bicyclic) bond motifs is 2. The zero-order valence-electron chi connectivity index (χ0n) is 16.9. The first kappa shape index (κ1) is 19.4. The molecule has 3 heterocycles. The van der Waals surface area contributed by atoms with E-state index in [0.29, 0.717) is 35.8 Å². The number of aryl methyl sites for hydroxylation is 1. The fraction of sp³-hybridized carbons (Fsp3) is 0.160. The first-order chi connectivity index (χ1) is 15.1. The number of hydrogen-bond acceptors (Lipinski definition) is 5. The number of carbonyl (C=O) groups is 1. The van der Waals surface area contributed by atoms with E-state index in [1.54, 1.807) is 0 Å². The van der Waals surface area contributed by atoms with Gasteiger partial charge in [0.05, 0.1) is 35.6 Å². The molecule has 1 amide bonds. The van der Waals surface area contributed by atoms with E-state index in [1.807, 2.05) is 61.5 Å². The second kappa shape index (κ2) is 7.95. The number of nitriles is 1. The van der Waals surface area contributed by atoms with Crippen molar-refractivity contribution in [2.24, 2.45) is 0 Å². The summed E-state index contributed by atoms with van der Waals surface area (Å²) in [4.78, 5) is 19.2. The Kier molecular flexibility index (Phi) is 4.99. The topological polar surface area (TPSA) is 75.0 Å². The molecular formula is C25H19N3O2S. The maximum absolute atomic E-state index is 13.4. The summed E-state index contributed by atoms with van der Waals surface area (Å²) in [5.74, 6) is -0.244. The van der Waals surface area contributed by atoms with Crippen LogP contribution in [-0.4, -0.2) is 17.5 Å². The molecule has 152 valence electrons. The monoisotopic (exact) mass is 425 g/mol. The van der Waals surface area contributed by atoms with Crippen molar-refractivity contribution in [1.29, 1.82) is 5.26 Å². The SMILES string of the molecule is Cc1ccc2nc(-c3ccccc3)cc(C(=O)Nc3sc4c(c3C#N)CCOC4)c2c1. The van der Waals surface area contributed by atoms with Crippen molar-refractivity contribution < 1.29 is 9.53 Å². The number of nitrogens with zero attached hydrogens (tertiary/aromatic N) is 2. The molecule has 0 fully saturated rings. The third kappa shape index (κ3) is 3.59. The molecule has 5 rings (SSSR count). The summed E-state index contributed by atoms with van der Waals surface area (Å²) in [6.07, 6.45) is 0.695. The Balaban J connectivity index is 1.61. The van der Waals surface area contributed by atoms with Crippen LogP contribution in [0.25, 0.3) is 22.2 Å². The van der Waals surface area contributed by atoms with Crippen LogP contribution in [0, 0.1) is 18.3 Å². The smallest absolute Gasteiger partial charge is 0.257 e. The zero-order valence-corrected chi connectivity index (χ0v) is 17.8. The summed E-state index contributed by atoms with van der Waals surface area (Å²) < 4.78 is 5.51. The number of amides is 1. The number of rotatable bonds is 3. The third-order valence-corrected chi connectivity index (χ3v) is 6.56. The number of benzene rings is 2. The van der Waals surface area contributed by atoms with Gasteiger partial charge < -0.3 is 10.1 Å². The maximum Gasteiger partial charge on any atom is 0.257 e. The lowest BCUT2D eigenvalue weighted by Crippen LogP contribution is -2.13. The van der Waals surface area contributed by atoms with E-state index in [9.17, 15) is 10.1 Å². The Morgan fingerprint density at radius 2 is 2.03 bits per heavy atom. The molecule has 31 heavy (non-hydrogen) atoms. The summed E-state index contributed by atoms with van der Waals surface area (Å²) in [5, 5.41) is 14.1. The molecule has 1 aliphatic heterocycles. The molecule has 0 spiro atoms. The maximum atomic E-state index is 13.4. The van der Waals surface area contributed by atoms with Gasteiger partial charge in [-0.25, -0.2) is 4.98 Å². The Morgan fingerprint density at radius 3 is 2.84 bits per heavy atom. The van der Waals surface area contributed by atoms with Crippen LogP contribution < -0.4 is 5.32 Å². The second-order valence-electron chi connectivity index (χ2n) is 7.52. The molecular weight excluding hydrogens is 406 g/mol. The van der Waals surface area contributed by atoms with E-state index in [0.717, 1.165) is 38.2 Å². The highest BCUT2D eigenvalue weighted by atomic mass is 32.1. The average Bonchev–Trinajstić information content (AvgIpc) is 3.15. The van der Waals surface area contributed by atoms with Crippen molar-refractivity contribution in [3.05, 3.63) is 81.7 Å². The normalized spacial score (nSPS) is 12.9. The van der Waals surface area contributed by atoms with Crippen molar-refractivity contribution in [2.75, 3.05) is 11.9 Å². The van der Waals surface area contributed by atoms with E-state index in [2.05, 4.69) is 11.4 Å². The van der Waals surface area contributed by atoms with E-state index in [-0.39, 0.29) is 5.91 Å². The van der Waals surface area contributed by atoms with Crippen molar-refractivity contribution in [3.63, 3.8) is 0 Å². The largest absolute Gasteiger partial charge is 0.376 e. The lowest BCUT2D eigenvalue weighted by atomic mass is 10.0. The molecule has 1 aliphatic rings. The molecule has 2 aromatic carbocycles. The van der Waals surface area contributed by atoms with Crippen molar-refractivity contribution in [3.8, 4) is 17.3 Å². The summed E-state index contributed by atoms with van der Waals surface area (Å²) in [5.41, 5.74) is 5.58. The number of pyridine rings is 1. The minimum atomic E-state index is -0.244. The van der Waals surface area contributed by atoms with Gasteiger partial charge >= 0.3 is 0 Å². The van der Waals surface area contributed by atoms with Gasteiger partial charge in [0.15, 0.2) is 0 Å². The first-order valence-corrected chi connectivity index (χ1v) is 10.9. The molecule has 1 N–H and O–H groups in total. The van der Waals surface area contributed by atoms with Gasteiger partial charge in [-0.15, -0.1) is 11.3 Å². The molecule has 0 saturated carbocycles. The minimum Gasteiger partial charge on any atom is -0.376 e. The van der Waals surface area contributed by atoms with Gasteiger partial charge in [-0.3, -0.25) is 4.79 Å². The molecule has 0 saturated heterocycles. The van der Waals surface area contributed by atoms with Crippen LogP contribution in [-0.2, 0) is 17.8 Å². The van der Waals surface area contributed by atoms with Crippen molar-refractivity contribution in [2.45, 2.75) is 20.0 Å². The van der Waals surface area contributed by atoms with Gasteiger partial charge in [-0.2, -0.15) is 5.26 Å². The summed E-state index contributed by atoms with van der Waals surface area (Å²) >= 11 is 1.42. The van der Waals surface area contributed by atoms with Crippen molar-refractivity contribution >= 4 is 33.1 Å². The highest BCUT2D eigenvalue weighted by Gasteiger charge is 2.23. The first-order valence-electron chi connectivity index (χ1n) is 10.0. The van der Waals surface area contributed by atoms with Crippen LogP contribution in [0.4, 0.5) is 5.00 Å². The van der Waals surface area contributed by atoms with Gasteiger partial charge in [-0.1, -0.05) is 42.0 Å². The second-order valence-corrected chi connectivity index (χ2v) is 8.62. The Morgan fingerprint density at radius 1 is 1.19 bits per heavy atom. The number of ether oxygens (including phenoxy) is 1. The predicted octanol–water partition coefficient (Wildman–Crippen LogP) is 5.47.